The second kappa shape index (κ2) is 8.41. The number of carbonyl (C=O) groups is 1. The average molecular weight is 396 g/mol. The normalized spacial score (nSPS) is 15.2. The van der Waals surface area contributed by atoms with E-state index in [0.717, 1.165) is 27.1 Å². The summed E-state index contributed by atoms with van der Waals surface area (Å²) in [6.45, 7) is 0.142. The third kappa shape index (κ3) is 3.69. The lowest BCUT2D eigenvalue weighted by molar-refractivity contribution is 0.0697. The molecule has 2 aromatic carbocycles. The number of fused-ring (bicyclic) bond motifs is 1. The van der Waals surface area contributed by atoms with Crippen molar-refractivity contribution in [1.82, 2.24) is 4.98 Å². The van der Waals surface area contributed by atoms with Gasteiger partial charge in [-0.25, -0.2) is 4.79 Å². The van der Waals surface area contributed by atoms with E-state index in [2.05, 4.69) is 17.1 Å². The lowest BCUT2D eigenvalue weighted by Gasteiger charge is -2.23. The number of carboxylic acid groups (broad SMARTS) is 1. The van der Waals surface area contributed by atoms with Crippen LogP contribution in [-0.2, 0) is 0 Å². The van der Waals surface area contributed by atoms with Gasteiger partial charge in [-0.3, -0.25) is 0 Å². The number of aliphatic hydroxyl groups excluding tert-OH is 1. The van der Waals surface area contributed by atoms with Gasteiger partial charge in [0.05, 0.1) is 17.9 Å². The van der Waals surface area contributed by atoms with Gasteiger partial charge < -0.3 is 15.2 Å². The Hall–Kier alpha value is -2.24. The predicted octanol–water partition coefficient (Wildman–Crippen LogP) is 5.67. The molecule has 1 aliphatic rings. The van der Waals surface area contributed by atoms with E-state index >= 15 is 0 Å². The second-order valence-electron chi connectivity index (χ2n) is 7.38. The summed E-state index contributed by atoms with van der Waals surface area (Å²) in [6, 6.07) is 13.7. The molecule has 0 bridgehead atoms. The fraction of sp³-hybridized carbons (Fsp3) is 0.348. The van der Waals surface area contributed by atoms with Gasteiger partial charge in [0.2, 0.25) is 0 Å². The maximum absolute atomic E-state index is 11.4. The van der Waals surface area contributed by atoms with Crippen LogP contribution in [0.25, 0.3) is 22.2 Å². The maximum Gasteiger partial charge on any atom is 0.335 e. The van der Waals surface area contributed by atoms with Crippen molar-refractivity contribution in [3.05, 3.63) is 53.6 Å². The van der Waals surface area contributed by atoms with Gasteiger partial charge in [-0.2, -0.15) is 0 Å². The fourth-order valence-corrected chi connectivity index (χ4v) is 5.15. The first-order chi connectivity index (χ1) is 13.7. The summed E-state index contributed by atoms with van der Waals surface area (Å²) >= 11 is 1.65. The Morgan fingerprint density at radius 1 is 1.11 bits per heavy atom. The van der Waals surface area contributed by atoms with Crippen molar-refractivity contribution < 1.29 is 15.0 Å². The van der Waals surface area contributed by atoms with Crippen LogP contribution < -0.4 is 0 Å². The zero-order valence-corrected chi connectivity index (χ0v) is 16.6. The highest BCUT2D eigenvalue weighted by Gasteiger charge is 2.25. The molecular formula is C23H25NO3S. The summed E-state index contributed by atoms with van der Waals surface area (Å²) in [5.41, 5.74) is 4.75. The molecule has 0 unspecified atom stereocenters. The minimum absolute atomic E-state index is 0.142. The van der Waals surface area contributed by atoms with E-state index in [9.17, 15) is 15.0 Å². The SMILES string of the molecule is O=C(O)c1ccc2c(C3CCCCC3)c(-c3ccccc3SCCO)[nH]c2c1. The van der Waals surface area contributed by atoms with Crippen molar-refractivity contribution in [3.63, 3.8) is 0 Å². The predicted molar refractivity (Wildman–Crippen MR) is 114 cm³/mol. The van der Waals surface area contributed by atoms with Crippen LogP contribution in [0.2, 0.25) is 0 Å². The number of aromatic nitrogens is 1. The lowest BCUT2D eigenvalue weighted by Crippen LogP contribution is -2.05. The van der Waals surface area contributed by atoms with Crippen LogP contribution in [-0.4, -0.2) is 33.5 Å². The molecule has 0 spiro atoms. The highest BCUT2D eigenvalue weighted by molar-refractivity contribution is 7.99. The van der Waals surface area contributed by atoms with Crippen LogP contribution in [0.15, 0.2) is 47.4 Å². The number of nitrogens with one attached hydrogen (secondary N) is 1. The van der Waals surface area contributed by atoms with Crippen molar-refractivity contribution in [3.8, 4) is 11.3 Å². The van der Waals surface area contributed by atoms with Gasteiger partial charge in [0.1, 0.15) is 0 Å². The molecule has 1 heterocycles. The number of aromatic amines is 1. The van der Waals surface area contributed by atoms with E-state index in [1.807, 2.05) is 18.2 Å². The standard InChI is InChI=1S/C23H25NO3S/c25-12-13-28-20-9-5-4-8-18(20)22-21(15-6-2-1-3-7-15)17-11-10-16(23(26)27)14-19(17)24-22/h4-5,8-11,14-15,24-25H,1-3,6-7,12-13H2,(H,26,27). The smallest absolute Gasteiger partial charge is 0.335 e. The second-order valence-corrected chi connectivity index (χ2v) is 8.52. The van der Waals surface area contributed by atoms with E-state index in [1.165, 1.54) is 37.7 Å². The monoisotopic (exact) mass is 395 g/mol. The highest BCUT2D eigenvalue weighted by atomic mass is 32.2. The van der Waals surface area contributed by atoms with E-state index < -0.39 is 5.97 Å². The largest absolute Gasteiger partial charge is 0.478 e. The number of carboxylic acids is 1. The molecule has 1 fully saturated rings. The Morgan fingerprint density at radius 2 is 1.89 bits per heavy atom. The Labute approximate surface area is 169 Å². The molecule has 1 saturated carbocycles. The van der Waals surface area contributed by atoms with Crippen LogP contribution >= 0.6 is 11.8 Å². The number of aromatic carboxylic acids is 1. The summed E-state index contributed by atoms with van der Waals surface area (Å²) in [7, 11) is 0. The van der Waals surface area contributed by atoms with E-state index in [4.69, 9.17) is 0 Å². The molecule has 4 nitrogen and oxygen atoms in total. The molecule has 1 aromatic heterocycles. The number of rotatable bonds is 6. The number of hydrogen-bond donors (Lipinski definition) is 3. The Kier molecular flexibility index (Phi) is 5.74. The zero-order valence-electron chi connectivity index (χ0n) is 15.8. The highest BCUT2D eigenvalue weighted by Crippen LogP contribution is 2.44. The lowest BCUT2D eigenvalue weighted by atomic mass is 9.82. The van der Waals surface area contributed by atoms with Gasteiger partial charge in [-0.1, -0.05) is 43.5 Å². The number of hydrogen-bond acceptors (Lipinski definition) is 3. The first-order valence-electron chi connectivity index (χ1n) is 9.91. The van der Waals surface area contributed by atoms with Gasteiger partial charge in [-0.05, 0) is 42.5 Å². The molecule has 3 aromatic rings. The first kappa shape index (κ1) is 19.1. The molecule has 0 saturated heterocycles. The number of benzene rings is 2. The minimum Gasteiger partial charge on any atom is -0.478 e. The molecule has 28 heavy (non-hydrogen) atoms. The topological polar surface area (TPSA) is 73.3 Å². The molecule has 0 atom stereocenters. The Balaban J connectivity index is 1.90. The van der Waals surface area contributed by atoms with Gasteiger partial charge in [0.25, 0.3) is 0 Å². The molecule has 4 rings (SSSR count). The average Bonchev–Trinajstić information content (AvgIpc) is 3.11. The van der Waals surface area contributed by atoms with Gasteiger partial charge in [-0.15, -0.1) is 11.8 Å². The van der Waals surface area contributed by atoms with Crippen molar-refractivity contribution >= 4 is 28.6 Å². The maximum atomic E-state index is 11.4. The molecule has 0 aliphatic heterocycles. The van der Waals surface area contributed by atoms with Crippen LogP contribution in [0, 0.1) is 0 Å². The third-order valence-electron chi connectivity index (χ3n) is 5.60. The molecular weight excluding hydrogens is 370 g/mol. The van der Waals surface area contributed by atoms with Crippen LogP contribution in [0.1, 0.15) is 53.9 Å². The van der Waals surface area contributed by atoms with Gasteiger partial charge >= 0.3 is 5.97 Å². The zero-order chi connectivity index (χ0) is 19.5. The number of H-pyrrole nitrogens is 1. The Bertz CT molecular complexity index is 989. The third-order valence-corrected chi connectivity index (χ3v) is 6.66. The van der Waals surface area contributed by atoms with Crippen molar-refractivity contribution in [1.29, 1.82) is 0 Å². The summed E-state index contributed by atoms with van der Waals surface area (Å²) in [6.07, 6.45) is 6.12. The summed E-state index contributed by atoms with van der Waals surface area (Å²) in [5, 5.41) is 19.8. The van der Waals surface area contributed by atoms with Crippen LogP contribution in [0.3, 0.4) is 0 Å². The number of aliphatic hydroxyl groups is 1. The van der Waals surface area contributed by atoms with Gasteiger partial charge in [0.15, 0.2) is 0 Å². The van der Waals surface area contributed by atoms with Crippen molar-refractivity contribution in [2.45, 2.75) is 42.9 Å². The van der Waals surface area contributed by atoms with Gasteiger partial charge in [0, 0.05) is 27.1 Å². The molecule has 5 heteroatoms. The molecule has 0 amide bonds. The summed E-state index contributed by atoms with van der Waals surface area (Å²) in [4.78, 5) is 16.1. The van der Waals surface area contributed by atoms with Crippen molar-refractivity contribution in [2.24, 2.45) is 0 Å². The number of thioether (sulfide) groups is 1. The quantitative estimate of drug-likeness (QED) is 0.471. The Morgan fingerprint density at radius 3 is 2.64 bits per heavy atom. The van der Waals surface area contributed by atoms with Crippen LogP contribution in [0.4, 0.5) is 0 Å². The molecule has 146 valence electrons. The minimum atomic E-state index is -0.906. The molecule has 3 N–H and O–H groups in total. The first-order valence-corrected chi connectivity index (χ1v) is 10.9. The fourth-order valence-electron chi connectivity index (χ4n) is 4.33. The summed E-state index contributed by atoms with van der Waals surface area (Å²) in [5.74, 6) is 0.236. The van der Waals surface area contributed by atoms with Crippen LogP contribution in [0.5, 0.6) is 0 Å². The molecule has 0 radical (unpaired) electrons. The van der Waals surface area contributed by atoms with E-state index in [-0.39, 0.29) is 6.61 Å². The summed E-state index contributed by atoms with van der Waals surface area (Å²) < 4.78 is 0. The molecule has 1 aliphatic carbocycles. The van der Waals surface area contributed by atoms with E-state index in [0.29, 0.717) is 17.2 Å². The van der Waals surface area contributed by atoms with Crippen molar-refractivity contribution in [2.75, 3.05) is 12.4 Å². The van der Waals surface area contributed by atoms with E-state index in [1.54, 1.807) is 23.9 Å².